The number of aliphatic hydroxyl groups is 2. The molecule has 0 heterocycles. The van der Waals surface area contributed by atoms with E-state index in [0.29, 0.717) is 19.3 Å². The van der Waals surface area contributed by atoms with Crippen molar-refractivity contribution in [3.63, 3.8) is 0 Å². The first-order chi connectivity index (χ1) is 27.5. The lowest BCUT2D eigenvalue weighted by atomic mass is 10.0. The van der Waals surface area contributed by atoms with Gasteiger partial charge in [-0.05, 0) is 25.7 Å². The van der Waals surface area contributed by atoms with Crippen LogP contribution in [0.5, 0.6) is 0 Å². The van der Waals surface area contributed by atoms with E-state index in [0.717, 1.165) is 38.5 Å². The molecule has 0 aliphatic heterocycles. The fraction of sp³-hybridized carbons (Fsp3) is 0.960. The van der Waals surface area contributed by atoms with Crippen LogP contribution < -0.4 is 5.32 Å². The van der Waals surface area contributed by atoms with E-state index < -0.39 is 18.2 Å². The molecule has 6 heteroatoms. The van der Waals surface area contributed by atoms with E-state index >= 15 is 0 Å². The first-order valence-corrected chi connectivity index (χ1v) is 25.3. The number of esters is 1. The van der Waals surface area contributed by atoms with Gasteiger partial charge in [-0.25, -0.2) is 0 Å². The van der Waals surface area contributed by atoms with Crippen LogP contribution in [0.2, 0.25) is 0 Å². The number of unbranched alkanes of at least 4 members (excludes halogenated alkanes) is 34. The van der Waals surface area contributed by atoms with Gasteiger partial charge in [0.15, 0.2) is 0 Å². The summed E-state index contributed by atoms with van der Waals surface area (Å²) in [5.74, 6) is -0.459. The molecule has 3 unspecified atom stereocenters. The number of hydrogen-bond acceptors (Lipinski definition) is 5. The van der Waals surface area contributed by atoms with Crippen LogP contribution in [-0.4, -0.2) is 46.9 Å². The largest absolute Gasteiger partial charge is 0.462 e. The molecule has 0 saturated heterocycles. The monoisotopic (exact) mass is 794 g/mol. The molecule has 0 aliphatic rings. The van der Waals surface area contributed by atoms with Crippen molar-refractivity contribution in [2.75, 3.05) is 6.61 Å². The molecule has 0 fully saturated rings. The summed E-state index contributed by atoms with van der Waals surface area (Å²) in [6.07, 6.45) is 47.5. The maximum absolute atomic E-state index is 13.1. The smallest absolute Gasteiger partial charge is 0.306 e. The molecule has 0 aromatic rings. The van der Waals surface area contributed by atoms with Gasteiger partial charge in [-0.2, -0.15) is 0 Å². The molecule has 0 aromatic heterocycles. The van der Waals surface area contributed by atoms with Crippen LogP contribution in [0.25, 0.3) is 0 Å². The van der Waals surface area contributed by atoms with E-state index in [1.54, 1.807) is 0 Å². The quantitative estimate of drug-likeness (QED) is 0.0421. The van der Waals surface area contributed by atoms with Gasteiger partial charge in [0.25, 0.3) is 0 Å². The Morgan fingerprint density at radius 1 is 0.446 bits per heavy atom. The van der Waals surface area contributed by atoms with Crippen molar-refractivity contribution in [1.29, 1.82) is 0 Å². The van der Waals surface area contributed by atoms with Crippen LogP contribution in [0.15, 0.2) is 0 Å². The van der Waals surface area contributed by atoms with Crippen LogP contribution in [0.4, 0.5) is 0 Å². The van der Waals surface area contributed by atoms with Crippen molar-refractivity contribution >= 4 is 11.9 Å². The average Bonchev–Trinajstić information content (AvgIpc) is 3.19. The second-order valence-corrected chi connectivity index (χ2v) is 17.6. The molecular weight excluding hydrogens is 695 g/mol. The third-order valence-corrected chi connectivity index (χ3v) is 11.9. The van der Waals surface area contributed by atoms with Crippen LogP contribution in [-0.2, 0) is 14.3 Å². The van der Waals surface area contributed by atoms with Crippen LogP contribution in [0.1, 0.15) is 284 Å². The first kappa shape index (κ1) is 54.9. The third-order valence-electron chi connectivity index (χ3n) is 11.9. The molecule has 0 aromatic carbocycles. The Morgan fingerprint density at radius 2 is 0.750 bits per heavy atom. The number of carbonyl (C=O) groups excluding carboxylic acids is 2. The summed E-state index contributed by atoms with van der Waals surface area (Å²) in [6, 6.07) is -0.690. The standard InChI is InChI=1S/C50H99NO5/c1-4-7-10-13-16-18-20-22-24-26-28-30-33-36-39-42-48(53)47(45-52)51-49(54)44-46(41-38-35-32-15-12-9-6-3)56-50(55)43-40-37-34-31-29-27-25-23-21-19-17-14-11-8-5-2/h46-48,52-53H,4-45H2,1-3H3,(H,51,54). The lowest BCUT2D eigenvalue weighted by Crippen LogP contribution is -2.46. The highest BCUT2D eigenvalue weighted by atomic mass is 16.5. The number of ether oxygens (including phenoxy) is 1. The summed E-state index contributed by atoms with van der Waals surface area (Å²) in [5, 5.41) is 23.7. The summed E-state index contributed by atoms with van der Waals surface area (Å²) in [4.78, 5) is 26.0. The first-order valence-electron chi connectivity index (χ1n) is 25.3. The highest BCUT2D eigenvalue weighted by Crippen LogP contribution is 2.18. The minimum absolute atomic E-state index is 0.0859. The van der Waals surface area contributed by atoms with E-state index in [1.807, 2.05) is 0 Å². The molecule has 1 amide bonds. The predicted molar refractivity (Wildman–Crippen MR) is 241 cm³/mol. The average molecular weight is 794 g/mol. The lowest BCUT2D eigenvalue weighted by molar-refractivity contribution is -0.151. The zero-order chi connectivity index (χ0) is 41.0. The van der Waals surface area contributed by atoms with Crippen LogP contribution in [0, 0.1) is 0 Å². The highest BCUT2D eigenvalue weighted by molar-refractivity contribution is 5.77. The summed E-state index contributed by atoms with van der Waals surface area (Å²) in [5.41, 5.74) is 0. The maximum Gasteiger partial charge on any atom is 0.306 e. The zero-order valence-corrected chi connectivity index (χ0v) is 38.0. The predicted octanol–water partition coefficient (Wildman–Crippen LogP) is 14.8. The highest BCUT2D eigenvalue weighted by Gasteiger charge is 2.24. The summed E-state index contributed by atoms with van der Waals surface area (Å²) in [7, 11) is 0. The van der Waals surface area contributed by atoms with Crippen molar-refractivity contribution in [2.24, 2.45) is 0 Å². The summed E-state index contributed by atoms with van der Waals surface area (Å²) >= 11 is 0. The van der Waals surface area contributed by atoms with Gasteiger partial charge in [-0.1, -0.05) is 245 Å². The van der Waals surface area contributed by atoms with E-state index in [2.05, 4.69) is 26.1 Å². The Kier molecular flexibility index (Phi) is 44.0. The van der Waals surface area contributed by atoms with E-state index in [9.17, 15) is 19.8 Å². The van der Waals surface area contributed by atoms with E-state index in [1.165, 1.54) is 199 Å². The summed E-state index contributed by atoms with van der Waals surface area (Å²) < 4.78 is 5.90. The second-order valence-electron chi connectivity index (χ2n) is 17.6. The molecule has 3 atom stereocenters. The number of hydrogen-bond donors (Lipinski definition) is 3. The SMILES string of the molecule is CCCCCCCCCCCCCCCCCC(=O)OC(CCCCCCCCC)CC(=O)NC(CO)C(O)CCCCCCCCCCCCCCCCC. The molecule has 56 heavy (non-hydrogen) atoms. The Morgan fingerprint density at radius 3 is 1.09 bits per heavy atom. The van der Waals surface area contributed by atoms with Crippen molar-refractivity contribution in [3.8, 4) is 0 Å². The maximum atomic E-state index is 13.1. The number of nitrogens with one attached hydrogen (secondary N) is 1. The molecule has 6 nitrogen and oxygen atoms in total. The van der Waals surface area contributed by atoms with Crippen molar-refractivity contribution < 1.29 is 24.5 Å². The van der Waals surface area contributed by atoms with Gasteiger partial charge in [-0.15, -0.1) is 0 Å². The van der Waals surface area contributed by atoms with E-state index in [-0.39, 0.29) is 24.9 Å². The van der Waals surface area contributed by atoms with Gasteiger partial charge in [0.05, 0.1) is 25.2 Å². The Labute approximate surface area is 349 Å². The third kappa shape index (κ3) is 39.7. The number of aliphatic hydroxyl groups excluding tert-OH is 2. The minimum Gasteiger partial charge on any atom is -0.462 e. The van der Waals surface area contributed by atoms with Gasteiger partial charge in [0.2, 0.25) is 5.91 Å². The van der Waals surface area contributed by atoms with Crippen LogP contribution >= 0.6 is 0 Å². The van der Waals surface area contributed by atoms with E-state index in [4.69, 9.17) is 4.74 Å². The van der Waals surface area contributed by atoms with Gasteiger partial charge < -0.3 is 20.3 Å². The minimum atomic E-state index is -0.778. The molecule has 0 aliphatic carbocycles. The summed E-state index contributed by atoms with van der Waals surface area (Å²) in [6.45, 7) is 6.48. The normalized spacial score (nSPS) is 13.2. The molecule has 0 spiro atoms. The zero-order valence-electron chi connectivity index (χ0n) is 38.0. The van der Waals surface area contributed by atoms with Gasteiger partial charge in [0, 0.05) is 6.42 Å². The van der Waals surface area contributed by atoms with Crippen molar-refractivity contribution in [1.82, 2.24) is 5.32 Å². The van der Waals surface area contributed by atoms with Crippen molar-refractivity contribution in [2.45, 2.75) is 302 Å². The Hall–Kier alpha value is -1.14. The molecule has 334 valence electrons. The fourth-order valence-corrected chi connectivity index (χ4v) is 8.08. The fourth-order valence-electron chi connectivity index (χ4n) is 8.08. The van der Waals surface area contributed by atoms with Crippen LogP contribution in [0.3, 0.4) is 0 Å². The molecular formula is C50H99NO5. The van der Waals surface area contributed by atoms with Gasteiger partial charge in [0.1, 0.15) is 6.10 Å². The topological polar surface area (TPSA) is 95.9 Å². The lowest BCUT2D eigenvalue weighted by Gasteiger charge is -2.24. The number of rotatable bonds is 46. The molecule has 3 N–H and O–H groups in total. The number of carbonyl (C=O) groups is 2. The molecule has 0 saturated carbocycles. The molecule has 0 rings (SSSR count). The van der Waals surface area contributed by atoms with Crippen molar-refractivity contribution in [3.05, 3.63) is 0 Å². The Balaban J connectivity index is 4.32. The van der Waals surface area contributed by atoms with Gasteiger partial charge >= 0.3 is 5.97 Å². The van der Waals surface area contributed by atoms with Gasteiger partial charge in [-0.3, -0.25) is 9.59 Å². The number of amides is 1. The molecule has 0 bridgehead atoms. The Bertz CT molecular complexity index is 806. The molecule has 0 radical (unpaired) electrons. The second kappa shape index (κ2) is 45.0.